The maximum Gasteiger partial charge on any atom is 0.0843 e. The fourth-order valence-electron chi connectivity index (χ4n) is 2.63. The molecule has 1 atom stereocenters. The lowest BCUT2D eigenvalue weighted by atomic mass is 10.2. The van der Waals surface area contributed by atoms with Crippen molar-refractivity contribution >= 4 is 22.5 Å². The number of alkyl halides is 1. The predicted molar refractivity (Wildman–Crippen MR) is 76.5 cm³/mol. The number of aryl methyl sites for hydroxylation is 1. The normalized spacial score (nSPS) is 21.1. The van der Waals surface area contributed by atoms with Gasteiger partial charge >= 0.3 is 0 Å². The molecule has 0 spiro atoms. The molecule has 1 fully saturated rings. The summed E-state index contributed by atoms with van der Waals surface area (Å²) in [6.45, 7) is 3.44. The lowest BCUT2D eigenvalue weighted by molar-refractivity contribution is -0.0197. The minimum absolute atomic E-state index is 0.144. The average Bonchev–Trinajstić information content (AvgIpc) is 2.76. The number of fused-ring (bicyclic) bond motifs is 1. The van der Waals surface area contributed by atoms with Gasteiger partial charge in [-0.1, -0.05) is 18.2 Å². The van der Waals surface area contributed by atoms with E-state index in [0.29, 0.717) is 5.88 Å². The van der Waals surface area contributed by atoms with Crippen LogP contribution in [0, 0.1) is 0 Å². The van der Waals surface area contributed by atoms with Crippen molar-refractivity contribution in [2.75, 3.05) is 25.6 Å². The standard InChI is InChI=1S/C14H18ClN3O/c1-17-14-5-3-2-4-12(14)13(16-17)10-18-6-7-19-11(8-15)9-18/h2-5,11H,6-10H2,1H3. The van der Waals surface area contributed by atoms with Gasteiger partial charge in [-0.05, 0) is 6.07 Å². The minimum atomic E-state index is 0.144. The number of para-hydroxylation sites is 1. The summed E-state index contributed by atoms with van der Waals surface area (Å²) in [5, 5.41) is 5.87. The minimum Gasteiger partial charge on any atom is -0.374 e. The van der Waals surface area contributed by atoms with Crippen molar-refractivity contribution < 1.29 is 4.74 Å². The van der Waals surface area contributed by atoms with Gasteiger partial charge in [0.1, 0.15) is 0 Å². The molecule has 1 saturated heterocycles. The fraction of sp³-hybridized carbons (Fsp3) is 0.500. The highest BCUT2D eigenvalue weighted by Gasteiger charge is 2.21. The van der Waals surface area contributed by atoms with Crippen LogP contribution in [0.25, 0.3) is 10.9 Å². The van der Waals surface area contributed by atoms with Crippen LogP contribution in [-0.4, -0.2) is 46.4 Å². The van der Waals surface area contributed by atoms with Crippen LogP contribution < -0.4 is 0 Å². The topological polar surface area (TPSA) is 30.3 Å². The first-order valence-corrected chi connectivity index (χ1v) is 7.12. The van der Waals surface area contributed by atoms with Gasteiger partial charge in [0, 0.05) is 37.9 Å². The molecule has 1 unspecified atom stereocenters. The van der Waals surface area contributed by atoms with Crippen LogP contribution in [0.2, 0.25) is 0 Å². The van der Waals surface area contributed by atoms with E-state index < -0.39 is 0 Å². The molecule has 102 valence electrons. The van der Waals surface area contributed by atoms with Gasteiger partial charge in [0.2, 0.25) is 0 Å². The lowest BCUT2D eigenvalue weighted by Gasteiger charge is -2.31. The van der Waals surface area contributed by atoms with Gasteiger partial charge in [0.15, 0.2) is 0 Å². The van der Waals surface area contributed by atoms with E-state index in [1.165, 1.54) is 10.9 Å². The van der Waals surface area contributed by atoms with Gasteiger partial charge in [0.25, 0.3) is 0 Å². The summed E-state index contributed by atoms with van der Waals surface area (Å²) in [6.07, 6.45) is 0.144. The van der Waals surface area contributed by atoms with Gasteiger partial charge < -0.3 is 4.74 Å². The van der Waals surface area contributed by atoms with Gasteiger partial charge in [-0.3, -0.25) is 9.58 Å². The Kier molecular flexibility index (Phi) is 3.73. The molecule has 1 aromatic heterocycles. The zero-order valence-electron chi connectivity index (χ0n) is 11.1. The molecule has 5 heteroatoms. The summed E-state index contributed by atoms with van der Waals surface area (Å²) >= 11 is 5.88. The Balaban J connectivity index is 1.81. The molecule has 2 heterocycles. The number of ether oxygens (including phenoxy) is 1. The van der Waals surface area contributed by atoms with E-state index in [2.05, 4.69) is 28.2 Å². The third-order valence-electron chi connectivity index (χ3n) is 3.60. The molecule has 0 aliphatic carbocycles. The Hall–Kier alpha value is -1.10. The van der Waals surface area contributed by atoms with Crippen LogP contribution in [-0.2, 0) is 18.3 Å². The van der Waals surface area contributed by atoms with Crippen LogP contribution in [0.15, 0.2) is 24.3 Å². The molecule has 1 aromatic carbocycles. The molecule has 0 amide bonds. The molecular weight excluding hydrogens is 262 g/mol. The summed E-state index contributed by atoms with van der Waals surface area (Å²) in [5.74, 6) is 0.555. The number of rotatable bonds is 3. The van der Waals surface area contributed by atoms with E-state index in [0.717, 1.165) is 31.9 Å². The van der Waals surface area contributed by atoms with Crippen molar-refractivity contribution in [3.05, 3.63) is 30.0 Å². The molecule has 0 radical (unpaired) electrons. The second-order valence-corrected chi connectivity index (χ2v) is 5.28. The van der Waals surface area contributed by atoms with E-state index in [-0.39, 0.29) is 6.10 Å². The predicted octanol–water partition coefficient (Wildman–Crippen LogP) is 2.01. The molecule has 1 aliphatic rings. The second kappa shape index (κ2) is 5.49. The highest BCUT2D eigenvalue weighted by molar-refractivity contribution is 6.18. The number of halogens is 1. The summed E-state index contributed by atoms with van der Waals surface area (Å²) in [5.41, 5.74) is 2.31. The van der Waals surface area contributed by atoms with Gasteiger partial charge in [-0.2, -0.15) is 5.10 Å². The van der Waals surface area contributed by atoms with Crippen molar-refractivity contribution in [1.29, 1.82) is 0 Å². The first kappa shape index (κ1) is 12.9. The summed E-state index contributed by atoms with van der Waals surface area (Å²) in [7, 11) is 1.99. The van der Waals surface area contributed by atoms with E-state index in [1.54, 1.807) is 0 Å². The molecule has 3 rings (SSSR count). The first-order chi connectivity index (χ1) is 9.28. The quantitative estimate of drug-likeness (QED) is 0.805. The molecule has 0 saturated carbocycles. The van der Waals surface area contributed by atoms with Crippen LogP contribution >= 0.6 is 11.6 Å². The van der Waals surface area contributed by atoms with Crippen LogP contribution in [0.4, 0.5) is 0 Å². The van der Waals surface area contributed by atoms with Crippen molar-refractivity contribution in [3.8, 4) is 0 Å². The zero-order valence-corrected chi connectivity index (χ0v) is 11.8. The number of hydrogen-bond donors (Lipinski definition) is 0. The van der Waals surface area contributed by atoms with Gasteiger partial charge in [-0.25, -0.2) is 0 Å². The second-order valence-electron chi connectivity index (χ2n) is 4.97. The Morgan fingerprint density at radius 3 is 3.11 bits per heavy atom. The summed E-state index contributed by atoms with van der Waals surface area (Å²) in [4.78, 5) is 2.37. The Labute approximate surface area is 117 Å². The number of hydrogen-bond acceptors (Lipinski definition) is 3. The van der Waals surface area contributed by atoms with E-state index in [4.69, 9.17) is 16.3 Å². The Morgan fingerprint density at radius 1 is 1.42 bits per heavy atom. The highest BCUT2D eigenvalue weighted by atomic mass is 35.5. The maximum absolute atomic E-state index is 5.88. The Bertz CT molecular complexity index is 569. The van der Waals surface area contributed by atoms with Gasteiger partial charge in [-0.15, -0.1) is 11.6 Å². The summed E-state index contributed by atoms with van der Waals surface area (Å²) in [6, 6.07) is 8.35. The largest absolute Gasteiger partial charge is 0.374 e. The number of morpholine rings is 1. The molecule has 0 N–H and O–H groups in total. The van der Waals surface area contributed by atoms with Gasteiger partial charge in [0.05, 0.1) is 23.9 Å². The molecule has 2 aromatic rings. The molecule has 4 nitrogen and oxygen atoms in total. The maximum atomic E-state index is 5.88. The van der Waals surface area contributed by atoms with Crippen LogP contribution in [0.3, 0.4) is 0 Å². The van der Waals surface area contributed by atoms with E-state index >= 15 is 0 Å². The number of benzene rings is 1. The smallest absolute Gasteiger partial charge is 0.0843 e. The molecule has 19 heavy (non-hydrogen) atoms. The molecular formula is C14H18ClN3O. The lowest BCUT2D eigenvalue weighted by Crippen LogP contribution is -2.42. The monoisotopic (exact) mass is 279 g/mol. The van der Waals surface area contributed by atoms with E-state index in [9.17, 15) is 0 Å². The highest BCUT2D eigenvalue weighted by Crippen LogP contribution is 2.20. The van der Waals surface area contributed by atoms with Crippen LogP contribution in [0.1, 0.15) is 5.69 Å². The zero-order chi connectivity index (χ0) is 13.2. The van der Waals surface area contributed by atoms with Crippen molar-refractivity contribution in [1.82, 2.24) is 14.7 Å². The first-order valence-electron chi connectivity index (χ1n) is 6.58. The van der Waals surface area contributed by atoms with E-state index in [1.807, 2.05) is 17.8 Å². The SMILES string of the molecule is Cn1nc(CN2CCOC(CCl)C2)c2ccccc21. The molecule has 0 bridgehead atoms. The number of aromatic nitrogens is 2. The third-order valence-corrected chi connectivity index (χ3v) is 3.95. The fourth-order valence-corrected chi connectivity index (χ4v) is 2.82. The number of nitrogens with zero attached hydrogens (tertiary/aromatic N) is 3. The third kappa shape index (κ3) is 2.61. The Morgan fingerprint density at radius 2 is 2.26 bits per heavy atom. The van der Waals surface area contributed by atoms with Crippen molar-refractivity contribution in [2.24, 2.45) is 7.05 Å². The average molecular weight is 280 g/mol. The molecule has 1 aliphatic heterocycles. The van der Waals surface area contributed by atoms with Crippen LogP contribution in [0.5, 0.6) is 0 Å². The van der Waals surface area contributed by atoms with Crippen molar-refractivity contribution in [2.45, 2.75) is 12.6 Å². The van der Waals surface area contributed by atoms with Crippen molar-refractivity contribution in [3.63, 3.8) is 0 Å². The summed E-state index contributed by atoms with van der Waals surface area (Å²) < 4.78 is 7.54.